The Kier molecular flexibility index (Phi) is 1.52. The lowest BCUT2D eigenvalue weighted by Crippen LogP contribution is -2.00. The predicted molar refractivity (Wildman–Crippen MR) is 14.5 cm³/mol. The summed E-state index contributed by atoms with van der Waals surface area (Å²) in [5, 5.41) is 8.86. The maximum absolute atomic E-state index is 10.7. The van der Waals surface area contributed by atoms with Crippen molar-refractivity contribution in [2.24, 2.45) is 0 Å². The van der Waals surface area contributed by atoms with Gasteiger partial charge in [0.1, 0.15) is 0 Å². The average Bonchev–Trinajstić information content (AvgIpc) is 1.30. The third kappa shape index (κ3) is 5.15. The van der Waals surface area contributed by atoms with Crippen molar-refractivity contribution in [2.75, 3.05) is 0 Å². The van der Waals surface area contributed by atoms with Crippen LogP contribution < -0.4 is 0 Å². The summed E-state index contributed by atoms with van der Waals surface area (Å²) in [6, 6.07) is 0. The number of halogens is 3. The summed E-state index contributed by atoms with van der Waals surface area (Å²) in [6.45, 7) is 0. The van der Waals surface area contributed by atoms with Crippen LogP contribution in [0.25, 0.3) is 0 Å². The Morgan fingerprint density at radius 3 is 1.71 bits per heavy atom. The molecule has 0 aromatic heterocycles. The van der Waals surface area contributed by atoms with Crippen LogP contribution in [0.15, 0.2) is 0 Å². The molecule has 0 aromatic carbocycles. The van der Waals surface area contributed by atoms with E-state index in [0.717, 1.165) is 0 Å². The van der Waals surface area contributed by atoms with Gasteiger partial charge in [0, 0.05) is 0 Å². The second-order valence-corrected chi connectivity index (χ2v) is 0.725. The number of hydrogen-bond acceptors (Lipinski definition) is 0. The lowest BCUT2D eigenvalue weighted by molar-refractivity contribution is -0.0703. The Bertz CT molecular complexity index is 104. The zero-order valence-electron chi connectivity index (χ0n) is 3.04. The van der Waals surface area contributed by atoms with E-state index in [9.17, 15) is 13.2 Å². The Morgan fingerprint density at radius 1 is 1.29 bits per heavy atom. The second kappa shape index (κ2) is 1.73. The highest BCUT2D eigenvalue weighted by Crippen LogP contribution is 2.11. The van der Waals surface area contributed by atoms with Gasteiger partial charge < -0.3 is 0 Å². The maximum atomic E-state index is 10.7. The third-order valence-corrected chi connectivity index (χ3v) is 0.193. The minimum absolute atomic E-state index is 0.479. The summed E-state index contributed by atoms with van der Waals surface area (Å²) in [7, 11) is 0. The van der Waals surface area contributed by atoms with Crippen molar-refractivity contribution in [1.82, 2.24) is 0 Å². The zero-order chi connectivity index (χ0) is 5.91. The summed E-state index contributed by atoms with van der Waals surface area (Å²) < 4.78 is 32.0. The molecule has 0 rings (SSSR count). The fourth-order valence-electron chi connectivity index (χ4n) is 0.0579. The van der Waals surface area contributed by atoms with Gasteiger partial charge in [-0.1, -0.05) is 0 Å². The van der Waals surface area contributed by atoms with E-state index in [0.29, 0.717) is 12.0 Å². The molecule has 0 heterocycles. The van der Waals surface area contributed by atoms with Crippen LogP contribution >= 0.6 is 0 Å². The van der Waals surface area contributed by atoms with Crippen LogP contribution in [-0.2, 0) is 5.11 Å². The molecule has 0 atom stereocenters. The first-order valence-electron chi connectivity index (χ1n) is 1.27. The molecule has 4 heteroatoms. The molecule has 1 nitrogen and oxygen atoms in total. The average molecular weight is 109 g/mol. The first-order chi connectivity index (χ1) is 3.06. The van der Waals surface area contributed by atoms with Gasteiger partial charge >= 0.3 is 6.18 Å². The molecular formula is C3F3O. The van der Waals surface area contributed by atoms with Gasteiger partial charge in [0.25, 0.3) is 0 Å². The highest BCUT2D eigenvalue weighted by atomic mass is 19.4. The van der Waals surface area contributed by atoms with Crippen molar-refractivity contribution in [3.63, 3.8) is 0 Å². The van der Waals surface area contributed by atoms with Crippen molar-refractivity contribution in [1.29, 1.82) is 0 Å². The zero-order valence-corrected chi connectivity index (χ0v) is 3.04. The summed E-state index contributed by atoms with van der Waals surface area (Å²) in [5.74, 6) is 0.479. The lowest BCUT2D eigenvalue weighted by atomic mass is 10.7. The molecule has 0 amide bonds. The first kappa shape index (κ1) is 6.15. The van der Waals surface area contributed by atoms with Crippen molar-refractivity contribution in [3.8, 4) is 12.0 Å². The van der Waals surface area contributed by atoms with E-state index in [1.54, 1.807) is 0 Å². The SMILES string of the molecule is [O]C#CC(F)(F)F. The van der Waals surface area contributed by atoms with Crippen LogP contribution in [0.2, 0.25) is 0 Å². The van der Waals surface area contributed by atoms with E-state index in [1.165, 1.54) is 0 Å². The molecular weight excluding hydrogens is 109 g/mol. The van der Waals surface area contributed by atoms with Crippen LogP contribution in [0.3, 0.4) is 0 Å². The largest absolute Gasteiger partial charge is 0.461 e. The van der Waals surface area contributed by atoms with Crippen LogP contribution in [0.4, 0.5) is 13.2 Å². The molecule has 0 aliphatic heterocycles. The molecule has 0 saturated heterocycles. The summed E-state index contributed by atoms with van der Waals surface area (Å²) in [5.41, 5.74) is 0. The summed E-state index contributed by atoms with van der Waals surface area (Å²) in [4.78, 5) is 0. The Balaban J connectivity index is 3.72. The normalized spacial score (nSPS) is 9.57. The van der Waals surface area contributed by atoms with Crippen LogP contribution in [0, 0.1) is 12.0 Å². The maximum Gasteiger partial charge on any atom is 0.461 e. The lowest BCUT2D eigenvalue weighted by Gasteiger charge is -1.87. The molecule has 0 saturated carbocycles. The van der Waals surface area contributed by atoms with Crippen LogP contribution in [0.5, 0.6) is 0 Å². The minimum Gasteiger partial charge on any atom is -0.224 e. The predicted octanol–water partition coefficient (Wildman–Crippen LogP) is 0.940. The van der Waals surface area contributed by atoms with Gasteiger partial charge in [-0.2, -0.15) is 13.2 Å². The van der Waals surface area contributed by atoms with E-state index in [2.05, 4.69) is 0 Å². The molecule has 7 heavy (non-hydrogen) atoms. The molecule has 0 bridgehead atoms. The van der Waals surface area contributed by atoms with E-state index in [4.69, 9.17) is 5.11 Å². The standard InChI is InChI=1S/C3F3O/c4-3(5,6)1-2-7. The van der Waals surface area contributed by atoms with Crippen molar-refractivity contribution in [3.05, 3.63) is 0 Å². The van der Waals surface area contributed by atoms with Crippen molar-refractivity contribution in [2.45, 2.75) is 6.18 Å². The van der Waals surface area contributed by atoms with E-state index in [-0.39, 0.29) is 0 Å². The van der Waals surface area contributed by atoms with Gasteiger partial charge in [0.2, 0.25) is 0 Å². The fourth-order valence-corrected chi connectivity index (χ4v) is 0.0579. The monoisotopic (exact) mass is 109 g/mol. The van der Waals surface area contributed by atoms with Crippen molar-refractivity contribution < 1.29 is 18.3 Å². The molecule has 0 aliphatic carbocycles. The molecule has 0 N–H and O–H groups in total. The van der Waals surface area contributed by atoms with E-state index < -0.39 is 6.18 Å². The number of rotatable bonds is 0. The quantitative estimate of drug-likeness (QED) is 0.412. The number of alkyl halides is 3. The van der Waals surface area contributed by atoms with E-state index >= 15 is 0 Å². The Morgan fingerprint density at radius 2 is 1.71 bits per heavy atom. The highest BCUT2D eigenvalue weighted by molar-refractivity contribution is 4.97. The Hall–Kier alpha value is -0.850. The molecule has 39 valence electrons. The van der Waals surface area contributed by atoms with E-state index in [1.807, 2.05) is 0 Å². The molecule has 0 spiro atoms. The highest BCUT2D eigenvalue weighted by Gasteiger charge is 2.23. The van der Waals surface area contributed by atoms with Crippen LogP contribution in [0.1, 0.15) is 0 Å². The number of hydrogen-bond donors (Lipinski definition) is 0. The molecule has 0 fully saturated rings. The first-order valence-corrected chi connectivity index (χ1v) is 1.27. The minimum atomic E-state index is -4.62. The van der Waals surface area contributed by atoms with Gasteiger partial charge in [0.15, 0.2) is 6.11 Å². The van der Waals surface area contributed by atoms with Gasteiger partial charge in [-0.3, -0.25) is 0 Å². The van der Waals surface area contributed by atoms with Gasteiger partial charge in [-0.05, 0) is 0 Å². The van der Waals surface area contributed by atoms with Gasteiger partial charge in [0.05, 0.1) is 5.92 Å². The third-order valence-electron chi connectivity index (χ3n) is 0.193. The molecule has 0 aromatic rings. The van der Waals surface area contributed by atoms with Gasteiger partial charge in [-0.15, -0.1) is 0 Å². The second-order valence-electron chi connectivity index (χ2n) is 0.725. The van der Waals surface area contributed by atoms with Crippen molar-refractivity contribution >= 4 is 0 Å². The smallest absolute Gasteiger partial charge is 0.224 e. The topological polar surface area (TPSA) is 19.9 Å². The fraction of sp³-hybridized carbons (Fsp3) is 0.333. The van der Waals surface area contributed by atoms with Crippen LogP contribution in [-0.4, -0.2) is 6.18 Å². The molecule has 0 aliphatic rings. The molecule has 0 unspecified atom stereocenters. The summed E-state index contributed by atoms with van der Waals surface area (Å²) >= 11 is 0. The summed E-state index contributed by atoms with van der Waals surface area (Å²) in [6.07, 6.45) is -4.14. The molecule has 1 radical (unpaired) electrons. The Labute approximate surface area is 37.8 Å². The van der Waals surface area contributed by atoms with Gasteiger partial charge in [-0.25, -0.2) is 5.11 Å².